The van der Waals surface area contributed by atoms with Crippen LogP contribution in [0.25, 0.3) is 0 Å². The van der Waals surface area contributed by atoms with Gasteiger partial charge in [0, 0.05) is 13.1 Å². The lowest BCUT2D eigenvalue weighted by Gasteiger charge is -2.20. The number of hydrogen-bond donors (Lipinski definition) is 0. The molecule has 0 spiro atoms. The standard InChI is InChI=1S/C16H14FNO/c17-14-7-6-13-10-18(16(11-19)15(13)8-14)9-12-4-2-1-3-5-12/h1-8,11,16H,9-10H2. The molecule has 19 heavy (non-hydrogen) atoms. The molecule has 1 aliphatic rings. The molecule has 0 aliphatic carbocycles. The van der Waals surface area contributed by atoms with E-state index in [4.69, 9.17) is 0 Å². The zero-order valence-corrected chi connectivity index (χ0v) is 10.4. The monoisotopic (exact) mass is 255 g/mol. The minimum Gasteiger partial charge on any atom is -0.301 e. The van der Waals surface area contributed by atoms with Crippen LogP contribution in [0.2, 0.25) is 0 Å². The van der Waals surface area contributed by atoms with E-state index in [2.05, 4.69) is 4.90 Å². The fourth-order valence-electron chi connectivity index (χ4n) is 2.63. The second kappa shape index (κ2) is 4.94. The van der Waals surface area contributed by atoms with Crippen LogP contribution in [0.4, 0.5) is 4.39 Å². The van der Waals surface area contributed by atoms with E-state index in [-0.39, 0.29) is 11.9 Å². The van der Waals surface area contributed by atoms with Gasteiger partial charge >= 0.3 is 0 Å². The second-order valence-corrected chi connectivity index (χ2v) is 4.81. The van der Waals surface area contributed by atoms with Crippen LogP contribution in [0.5, 0.6) is 0 Å². The first kappa shape index (κ1) is 12.1. The molecule has 2 nitrogen and oxygen atoms in total. The number of benzene rings is 2. The molecule has 1 unspecified atom stereocenters. The van der Waals surface area contributed by atoms with Gasteiger partial charge in [-0.2, -0.15) is 0 Å². The van der Waals surface area contributed by atoms with Crippen LogP contribution in [0.15, 0.2) is 48.5 Å². The summed E-state index contributed by atoms with van der Waals surface area (Å²) in [6, 6.07) is 14.3. The predicted octanol–water partition coefficient (Wildman–Crippen LogP) is 3.08. The van der Waals surface area contributed by atoms with E-state index < -0.39 is 0 Å². The van der Waals surface area contributed by atoms with Crippen LogP contribution in [-0.2, 0) is 17.9 Å². The van der Waals surface area contributed by atoms with Crippen molar-refractivity contribution in [2.75, 3.05) is 0 Å². The van der Waals surface area contributed by atoms with E-state index in [9.17, 15) is 9.18 Å². The summed E-state index contributed by atoms with van der Waals surface area (Å²) in [7, 11) is 0. The minimum absolute atomic E-state index is 0.285. The molecule has 1 heterocycles. The smallest absolute Gasteiger partial charge is 0.141 e. The van der Waals surface area contributed by atoms with Gasteiger partial charge in [0.15, 0.2) is 0 Å². The maximum Gasteiger partial charge on any atom is 0.141 e. The van der Waals surface area contributed by atoms with E-state index in [1.54, 1.807) is 6.07 Å². The van der Waals surface area contributed by atoms with Crippen molar-refractivity contribution in [3.05, 3.63) is 71.0 Å². The summed E-state index contributed by atoms with van der Waals surface area (Å²) in [5.74, 6) is -0.285. The van der Waals surface area contributed by atoms with Crippen molar-refractivity contribution in [3.63, 3.8) is 0 Å². The average molecular weight is 255 g/mol. The molecular weight excluding hydrogens is 241 g/mol. The Hall–Kier alpha value is -2.00. The minimum atomic E-state index is -0.342. The van der Waals surface area contributed by atoms with Gasteiger partial charge in [-0.3, -0.25) is 4.90 Å². The molecule has 2 aromatic rings. The normalized spacial score (nSPS) is 18.3. The molecule has 0 saturated heterocycles. The number of carbonyl (C=O) groups is 1. The van der Waals surface area contributed by atoms with Crippen LogP contribution < -0.4 is 0 Å². The molecule has 96 valence electrons. The van der Waals surface area contributed by atoms with Gasteiger partial charge < -0.3 is 4.79 Å². The number of carbonyl (C=O) groups excluding carboxylic acids is 1. The third-order valence-electron chi connectivity index (χ3n) is 3.55. The van der Waals surface area contributed by atoms with Crippen molar-refractivity contribution in [1.82, 2.24) is 4.90 Å². The first-order valence-electron chi connectivity index (χ1n) is 6.29. The highest BCUT2D eigenvalue weighted by atomic mass is 19.1. The predicted molar refractivity (Wildman–Crippen MR) is 70.9 cm³/mol. The van der Waals surface area contributed by atoms with E-state index in [0.29, 0.717) is 13.1 Å². The molecule has 0 fully saturated rings. The Bertz CT molecular complexity index is 597. The summed E-state index contributed by atoms with van der Waals surface area (Å²) < 4.78 is 13.3. The summed E-state index contributed by atoms with van der Waals surface area (Å²) in [5.41, 5.74) is 2.99. The highest BCUT2D eigenvalue weighted by molar-refractivity contribution is 5.64. The lowest BCUT2D eigenvalue weighted by Crippen LogP contribution is -2.22. The number of fused-ring (bicyclic) bond motifs is 1. The third kappa shape index (κ3) is 2.29. The van der Waals surface area contributed by atoms with Gasteiger partial charge in [-0.25, -0.2) is 4.39 Å². The molecule has 2 aromatic carbocycles. The number of halogens is 1. The van der Waals surface area contributed by atoms with Gasteiger partial charge in [-0.05, 0) is 28.8 Å². The Morgan fingerprint density at radius 2 is 2.00 bits per heavy atom. The molecule has 1 atom stereocenters. The number of rotatable bonds is 3. The summed E-state index contributed by atoms with van der Waals surface area (Å²) in [6.07, 6.45) is 0.897. The Morgan fingerprint density at radius 3 is 2.74 bits per heavy atom. The highest BCUT2D eigenvalue weighted by Gasteiger charge is 2.29. The molecule has 0 bridgehead atoms. The van der Waals surface area contributed by atoms with Gasteiger partial charge in [0.2, 0.25) is 0 Å². The van der Waals surface area contributed by atoms with E-state index in [0.717, 1.165) is 23.0 Å². The highest BCUT2D eigenvalue weighted by Crippen LogP contribution is 2.33. The van der Waals surface area contributed by atoms with Gasteiger partial charge in [0.1, 0.15) is 12.1 Å². The third-order valence-corrected chi connectivity index (χ3v) is 3.55. The van der Waals surface area contributed by atoms with Crippen LogP contribution in [0.3, 0.4) is 0 Å². The van der Waals surface area contributed by atoms with Crippen molar-refractivity contribution < 1.29 is 9.18 Å². The van der Waals surface area contributed by atoms with Crippen molar-refractivity contribution >= 4 is 6.29 Å². The van der Waals surface area contributed by atoms with Crippen LogP contribution in [-0.4, -0.2) is 11.2 Å². The fraction of sp³-hybridized carbons (Fsp3) is 0.188. The van der Waals surface area contributed by atoms with Crippen LogP contribution in [0, 0.1) is 5.82 Å². The molecule has 0 N–H and O–H groups in total. The van der Waals surface area contributed by atoms with Crippen molar-refractivity contribution in [2.45, 2.75) is 19.1 Å². The summed E-state index contributed by atoms with van der Waals surface area (Å²) in [6.45, 7) is 1.38. The first-order chi connectivity index (χ1) is 9.28. The first-order valence-corrected chi connectivity index (χ1v) is 6.29. The Labute approximate surface area is 111 Å². The van der Waals surface area contributed by atoms with E-state index in [1.807, 2.05) is 30.3 Å². The number of aldehydes is 1. The maximum atomic E-state index is 13.3. The molecule has 3 rings (SSSR count). The Balaban J connectivity index is 1.88. The maximum absolute atomic E-state index is 13.3. The lowest BCUT2D eigenvalue weighted by molar-refractivity contribution is -0.112. The molecule has 0 radical (unpaired) electrons. The Kier molecular flexibility index (Phi) is 3.13. The molecule has 0 amide bonds. The summed E-state index contributed by atoms with van der Waals surface area (Å²) in [5, 5.41) is 0. The summed E-state index contributed by atoms with van der Waals surface area (Å²) in [4.78, 5) is 13.4. The lowest BCUT2D eigenvalue weighted by atomic mass is 10.1. The Morgan fingerprint density at radius 1 is 1.21 bits per heavy atom. The van der Waals surface area contributed by atoms with Gasteiger partial charge in [-0.15, -0.1) is 0 Å². The zero-order valence-electron chi connectivity index (χ0n) is 10.4. The van der Waals surface area contributed by atoms with E-state index >= 15 is 0 Å². The quantitative estimate of drug-likeness (QED) is 0.785. The fourth-order valence-corrected chi connectivity index (χ4v) is 2.63. The van der Waals surface area contributed by atoms with Crippen molar-refractivity contribution in [3.8, 4) is 0 Å². The molecular formula is C16H14FNO. The topological polar surface area (TPSA) is 20.3 Å². The number of nitrogens with zero attached hydrogens (tertiary/aromatic N) is 1. The molecule has 3 heteroatoms. The average Bonchev–Trinajstić information content (AvgIpc) is 2.76. The molecule has 0 aromatic heterocycles. The van der Waals surface area contributed by atoms with Crippen molar-refractivity contribution in [2.24, 2.45) is 0 Å². The zero-order chi connectivity index (χ0) is 13.2. The second-order valence-electron chi connectivity index (χ2n) is 4.81. The molecule has 1 aliphatic heterocycles. The largest absolute Gasteiger partial charge is 0.301 e. The molecule has 0 saturated carbocycles. The number of hydrogen-bond acceptors (Lipinski definition) is 2. The van der Waals surface area contributed by atoms with E-state index in [1.165, 1.54) is 12.1 Å². The van der Waals surface area contributed by atoms with Gasteiger partial charge in [0.25, 0.3) is 0 Å². The van der Waals surface area contributed by atoms with Crippen molar-refractivity contribution in [1.29, 1.82) is 0 Å². The van der Waals surface area contributed by atoms with Gasteiger partial charge in [0.05, 0.1) is 6.04 Å². The summed E-state index contributed by atoms with van der Waals surface area (Å²) >= 11 is 0. The van der Waals surface area contributed by atoms with Gasteiger partial charge in [-0.1, -0.05) is 36.4 Å². The van der Waals surface area contributed by atoms with Crippen LogP contribution in [0.1, 0.15) is 22.7 Å². The SMILES string of the molecule is O=CC1c2cc(F)ccc2CN1Cc1ccccc1. The van der Waals surface area contributed by atoms with Crippen LogP contribution >= 0.6 is 0 Å².